The van der Waals surface area contributed by atoms with Crippen molar-refractivity contribution in [2.24, 2.45) is 0 Å². The Morgan fingerprint density at radius 2 is 2.00 bits per heavy atom. The molecule has 4 N–H and O–H groups in total. The lowest BCUT2D eigenvalue weighted by Gasteiger charge is -2.14. The summed E-state index contributed by atoms with van der Waals surface area (Å²) in [5, 5.41) is 23.2. The molecule has 1 aromatic carbocycles. The van der Waals surface area contributed by atoms with Crippen molar-refractivity contribution in [3.8, 4) is 5.75 Å². The lowest BCUT2D eigenvalue weighted by atomic mass is 10.1. The third kappa shape index (κ3) is 7.79. The second-order valence-corrected chi connectivity index (χ2v) is 9.32. The third-order valence-electron chi connectivity index (χ3n) is 5.66. The molecule has 0 bridgehead atoms. The van der Waals surface area contributed by atoms with E-state index in [0.29, 0.717) is 28.1 Å². The fraction of sp³-hybridized carbons (Fsp3) is 0.417. The van der Waals surface area contributed by atoms with E-state index in [1.54, 1.807) is 23.0 Å². The van der Waals surface area contributed by atoms with Crippen LogP contribution in [0.5, 0.6) is 5.75 Å². The summed E-state index contributed by atoms with van der Waals surface area (Å²) in [6.07, 6.45) is 6.50. The van der Waals surface area contributed by atoms with E-state index in [9.17, 15) is 14.7 Å². The fourth-order valence-electron chi connectivity index (χ4n) is 3.81. The number of phenolic OH excluding ortho intramolecular Hbond substituents is 1. The number of thiazole rings is 1. The van der Waals surface area contributed by atoms with Crippen molar-refractivity contribution in [2.75, 3.05) is 43.9 Å². The molecular weight excluding hydrogens is 466 g/mol. The number of aromatic hydroxyl groups is 1. The number of amides is 1. The van der Waals surface area contributed by atoms with E-state index in [2.05, 4.69) is 30.9 Å². The summed E-state index contributed by atoms with van der Waals surface area (Å²) in [6.45, 7) is 7.92. The third-order valence-corrected chi connectivity index (χ3v) is 6.50. The maximum atomic E-state index is 11.9. The second-order valence-electron chi connectivity index (χ2n) is 8.26. The van der Waals surface area contributed by atoms with Crippen LogP contribution in [0.15, 0.2) is 30.6 Å². The number of aldehydes is 1. The molecule has 1 aliphatic heterocycles. The van der Waals surface area contributed by atoms with E-state index in [-0.39, 0.29) is 12.5 Å². The van der Waals surface area contributed by atoms with E-state index in [0.717, 1.165) is 42.7 Å². The summed E-state index contributed by atoms with van der Waals surface area (Å²) in [4.78, 5) is 29.6. The number of benzene rings is 1. The SMILES string of the molecule is CNc1c(C)ccc(O)c1C.O=Cc1cnc(Nc2ccn(CC(=O)NCCN3CCCC3)n2)s1. The van der Waals surface area contributed by atoms with Crippen LogP contribution in [0.4, 0.5) is 16.6 Å². The van der Waals surface area contributed by atoms with Gasteiger partial charge < -0.3 is 26.0 Å². The van der Waals surface area contributed by atoms with Crippen LogP contribution in [0, 0.1) is 13.8 Å². The number of hydrogen-bond acceptors (Lipinski definition) is 9. The first-order chi connectivity index (χ1) is 16.9. The van der Waals surface area contributed by atoms with Gasteiger partial charge in [-0.05, 0) is 51.4 Å². The molecule has 0 atom stereocenters. The number of likely N-dealkylation sites (tertiary alicyclic amines) is 1. The zero-order valence-corrected chi connectivity index (χ0v) is 21.2. The zero-order valence-electron chi connectivity index (χ0n) is 20.4. The number of carbonyl (C=O) groups is 2. The van der Waals surface area contributed by atoms with E-state index < -0.39 is 0 Å². The number of nitrogens with zero attached hydrogens (tertiary/aromatic N) is 4. The van der Waals surface area contributed by atoms with Crippen molar-refractivity contribution in [1.29, 1.82) is 0 Å². The number of aryl methyl sites for hydroxylation is 1. The minimum Gasteiger partial charge on any atom is -0.508 e. The van der Waals surface area contributed by atoms with Gasteiger partial charge >= 0.3 is 0 Å². The standard InChI is InChI=1S/C15H20N6O2S.C9H13NO/c22-11-12-9-17-15(24-12)18-13-3-7-21(19-13)10-14(23)16-4-8-20-5-1-2-6-20;1-6-4-5-8(11)7(2)9(6)10-3/h3,7,9,11H,1-2,4-6,8,10H2,(H,16,23)(H,17,18,19);4-5,10-11H,1-3H3. The van der Waals surface area contributed by atoms with Gasteiger partial charge in [-0.1, -0.05) is 17.4 Å². The van der Waals surface area contributed by atoms with Gasteiger partial charge in [0.05, 0.1) is 11.1 Å². The maximum absolute atomic E-state index is 11.9. The molecule has 35 heavy (non-hydrogen) atoms. The Hall–Kier alpha value is -3.44. The van der Waals surface area contributed by atoms with Gasteiger partial charge in [-0.2, -0.15) is 5.10 Å². The van der Waals surface area contributed by atoms with Crippen LogP contribution in [0.3, 0.4) is 0 Å². The molecule has 0 spiro atoms. The molecule has 1 amide bonds. The van der Waals surface area contributed by atoms with Gasteiger partial charge in [0.25, 0.3) is 0 Å². The molecule has 0 radical (unpaired) electrons. The highest BCUT2D eigenvalue weighted by Gasteiger charge is 2.12. The van der Waals surface area contributed by atoms with Gasteiger partial charge in [0.1, 0.15) is 12.3 Å². The first-order valence-electron chi connectivity index (χ1n) is 11.6. The van der Waals surface area contributed by atoms with Gasteiger partial charge in [-0.3, -0.25) is 14.3 Å². The van der Waals surface area contributed by atoms with E-state index in [1.165, 1.54) is 30.4 Å². The zero-order chi connectivity index (χ0) is 25.2. The van der Waals surface area contributed by atoms with E-state index in [1.807, 2.05) is 27.0 Å². The number of hydrogen-bond donors (Lipinski definition) is 4. The van der Waals surface area contributed by atoms with Gasteiger partial charge in [-0.25, -0.2) is 4.98 Å². The summed E-state index contributed by atoms with van der Waals surface area (Å²) in [5.41, 5.74) is 3.08. The Bertz CT molecular complexity index is 1120. The number of anilines is 3. The number of phenols is 1. The maximum Gasteiger partial charge on any atom is 0.241 e. The summed E-state index contributed by atoms with van der Waals surface area (Å²) in [6, 6.07) is 5.37. The molecule has 0 aliphatic carbocycles. The lowest BCUT2D eigenvalue weighted by molar-refractivity contribution is -0.121. The van der Waals surface area contributed by atoms with Gasteiger partial charge in [0.2, 0.25) is 5.91 Å². The van der Waals surface area contributed by atoms with Gasteiger partial charge in [0.15, 0.2) is 17.2 Å². The Balaban J connectivity index is 0.000000261. The molecule has 10 nitrogen and oxygen atoms in total. The molecule has 0 unspecified atom stereocenters. The molecular formula is C24H33N7O3S. The highest BCUT2D eigenvalue weighted by Crippen LogP contribution is 2.27. The van der Waals surface area contributed by atoms with E-state index in [4.69, 9.17) is 0 Å². The predicted octanol–water partition coefficient (Wildman–Crippen LogP) is 3.16. The van der Waals surface area contributed by atoms with Crippen molar-refractivity contribution < 1.29 is 14.7 Å². The molecule has 188 valence electrons. The molecule has 11 heteroatoms. The number of aromatic nitrogens is 3. The molecule has 3 heterocycles. The normalized spacial score (nSPS) is 13.1. The predicted molar refractivity (Wildman–Crippen MR) is 139 cm³/mol. The average molecular weight is 500 g/mol. The monoisotopic (exact) mass is 499 g/mol. The molecule has 0 saturated carbocycles. The Labute approximate surface area is 209 Å². The van der Waals surface area contributed by atoms with Gasteiger partial charge in [0, 0.05) is 43.7 Å². The molecule has 2 aromatic heterocycles. The minimum atomic E-state index is -0.0543. The molecule has 1 aliphatic rings. The quantitative estimate of drug-likeness (QED) is 0.331. The summed E-state index contributed by atoms with van der Waals surface area (Å²) in [7, 11) is 1.86. The highest BCUT2D eigenvalue weighted by molar-refractivity contribution is 7.17. The summed E-state index contributed by atoms with van der Waals surface area (Å²) in [5.74, 6) is 0.882. The Kier molecular flexibility index (Phi) is 9.62. The van der Waals surface area contributed by atoms with Crippen molar-refractivity contribution in [3.05, 3.63) is 46.6 Å². The number of nitrogens with one attached hydrogen (secondary N) is 3. The first kappa shape index (κ1) is 26.2. The first-order valence-corrected chi connectivity index (χ1v) is 12.4. The van der Waals surface area contributed by atoms with Crippen molar-refractivity contribution in [1.82, 2.24) is 25.0 Å². The van der Waals surface area contributed by atoms with Crippen LogP contribution in [-0.2, 0) is 11.3 Å². The van der Waals surface area contributed by atoms with Crippen LogP contribution >= 0.6 is 11.3 Å². The number of rotatable bonds is 9. The van der Waals surface area contributed by atoms with Crippen LogP contribution in [0.1, 0.15) is 33.6 Å². The molecule has 1 saturated heterocycles. The second kappa shape index (κ2) is 12.9. The fourth-order valence-corrected chi connectivity index (χ4v) is 4.45. The van der Waals surface area contributed by atoms with Crippen LogP contribution < -0.4 is 16.0 Å². The molecule has 4 rings (SSSR count). The van der Waals surface area contributed by atoms with Crippen LogP contribution in [-0.4, -0.2) is 70.2 Å². The Morgan fingerprint density at radius 1 is 1.23 bits per heavy atom. The summed E-state index contributed by atoms with van der Waals surface area (Å²) >= 11 is 1.25. The Morgan fingerprint density at radius 3 is 2.66 bits per heavy atom. The van der Waals surface area contributed by atoms with Crippen LogP contribution in [0.2, 0.25) is 0 Å². The lowest BCUT2D eigenvalue weighted by Crippen LogP contribution is -2.35. The topological polar surface area (TPSA) is 124 Å². The van der Waals surface area contributed by atoms with Gasteiger partial charge in [-0.15, -0.1) is 0 Å². The minimum absolute atomic E-state index is 0.0543. The van der Waals surface area contributed by atoms with Crippen molar-refractivity contribution in [3.63, 3.8) is 0 Å². The molecule has 1 fully saturated rings. The van der Waals surface area contributed by atoms with Crippen molar-refractivity contribution >= 4 is 40.2 Å². The number of carbonyl (C=O) groups excluding carboxylic acids is 2. The molecule has 3 aromatic rings. The van der Waals surface area contributed by atoms with Crippen LogP contribution in [0.25, 0.3) is 0 Å². The largest absolute Gasteiger partial charge is 0.508 e. The van der Waals surface area contributed by atoms with E-state index >= 15 is 0 Å². The highest BCUT2D eigenvalue weighted by atomic mass is 32.1. The summed E-state index contributed by atoms with van der Waals surface area (Å²) < 4.78 is 1.57. The smallest absolute Gasteiger partial charge is 0.241 e. The average Bonchev–Trinajstić information content (AvgIpc) is 3.61. The van der Waals surface area contributed by atoms with Crippen molar-refractivity contribution in [2.45, 2.75) is 33.2 Å².